The van der Waals surface area contributed by atoms with E-state index in [0.717, 1.165) is 12.8 Å². The van der Waals surface area contributed by atoms with E-state index in [0.29, 0.717) is 0 Å². The molecule has 0 spiro atoms. The summed E-state index contributed by atoms with van der Waals surface area (Å²) >= 11 is 5.32. The first-order valence-corrected chi connectivity index (χ1v) is 5.20. The number of carbonyl (C=O) groups is 1. The molecule has 0 aromatic heterocycles. The molecule has 0 fully saturated rings. The van der Waals surface area contributed by atoms with Crippen molar-refractivity contribution in [1.29, 1.82) is 0 Å². The van der Waals surface area contributed by atoms with Gasteiger partial charge in [-0.1, -0.05) is 43.4 Å². The second-order valence-electron chi connectivity index (χ2n) is 3.12. The molecule has 0 radical (unpaired) electrons. The monoisotopic (exact) mass is 212 g/mol. The molecule has 0 aliphatic carbocycles. The zero-order valence-electron chi connectivity index (χ0n) is 8.74. The Kier molecular flexibility index (Phi) is 8.25. The van der Waals surface area contributed by atoms with Crippen LogP contribution in [-0.2, 0) is 4.79 Å². The fourth-order valence-electron chi connectivity index (χ4n) is 0.874. The Balaban J connectivity index is 3.58. The lowest BCUT2D eigenvalue weighted by atomic mass is 10.1. The second kappa shape index (κ2) is 8.76. The predicted molar refractivity (Wildman–Crippen MR) is 62.4 cm³/mol. The SMILES string of the molecule is CC=CC=CC=CCCC(C)C(=O)Cl. The van der Waals surface area contributed by atoms with Crippen LogP contribution in [0, 0.1) is 5.92 Å². The number of halogens is 1. The van der Waals surface area contributed by atoms with Crippen molar-refractivity contribution in [2.45, 2.75) is 26.7 Å². The van der Waals surface area contributed by atoms with Crippen molar-refractivity contribution >= 4 is 16.8 Å². The van der Waals surface area contributed by atoms with Crippen LogP contribution < -0.4 is 0 Å². The van der Waals surface area contributed by atoms with Crippen molar-refractivity contribution in [1.82, 2.24) is 0 Å². The largest absolute Gasteiger partial charge is 0.281 e. The molecule has 14 heavy (non-hydrogen) atoms. The van der Waals surface area contributed by atoms with E-state index in [1.807, 2.05) is 50.3 Å². The average Bonchev–Trinajstić information content (AvgIpc) is 2.16. The maximum Gasteiger partial charge on any atom is 0.224 e. The van der Waals surface area contributed by atoms with Crippen LogP contribution >= 0.6 is 11.6 Å². The first kappa shape index (κ1) is 13.2. The minimum Gasteiger partial charge on any atom is -0.281 e. The topological polar surface area (TPSA) is 17.1 Å². The molecular formula is C12H17ClO. The Morgan fingerprint density at radius 1 is 1.29 bits per heavy atom. The molecule has 1 atom stereocenters. The van der Waals surface area contributed by atoms with Crippen LogP contribution in [0.4, 0.5) is 0 Å². The molecule has 78 valence electrons. The Morgan fingerprint density at radius 3 is 2.50 bits per heavy atom. The summed E-state index contributed by atoms with van der Waals surface area (Å²) in [5.41, 5.74) is 0. The fourth-order valence-corrected chi connectivity index (χ4v) is 0.983. The minimum absolute atomic E-state index is 0.0409. The van der Waals surface area contributed by atoms with E-state index >= 15 is 0 Å². The maximum absolute atomic E-state index is 10.7. The van der Waals surface area contributed by atoms with E-state index in [1.165, 1.54) is 0 Å². The highest BCUT2D eigenvalue weighted by atomic mass is 35.5. The lowest BCUT2D eigenvalue weighted by Gasteiger charge is -2.01. The molecule has 0 N–H and O–H groups in total. The van der Waals surface area contributed by atoms with E-state index in [1.54, 1.807) is 0 Å². The maximum atomic E-state index is 10.7. The van der Waals surface area contributed by atoms with E-state index < -0.39 is 0 Å². The summed E-state index contributed by atoms with van der Waals surface area (Å²) in [5.74, 6) is -0.0409. The molecule has 2 heteroatoms. The Hall–Kier alpha value is -0.820. The summed E-state index contributed by atoms with van der Waals surface area (Å²) in [5, 5.41) is -0.247. The van der Waals surface area contributed by atoms with Gasteiger partial charge in [0.25, 0.3) is 0 Å². The molecule has 0 bridgehead atoms. The van der Waals surface area contributed by atoms with Gasteiger partial charge in [-0.3, -0.25) is 4.79 Å². The third-order valence-corrected chi connectivity index (χ3v) is 2.19. The lowest BCUT2D eigenvalue weighted by molar-refractivity contribution is -0.114. The first-order valence-electron chi connectivity index (χ1n) is 4.82. The van der Waals surface area contributed by atoms with Crippen LogP contribution in [0.3, 0.4) is 0 Å². The summed E-state index contributed by atoms with van der Waals surface area (Å²) < 4.78 is 0. The summed E-state index contributed by atoms with van der Waals surface area (Å²) in [7, 11) is 0. The van der Waals surface area contributed by atoms with Gasteiger partial charge in [-0.05, 0) is 31.4 Å². The quantitative estimate of drug-likeness (QED) is 0.483. The molecule has 1 unspecified atom stereocenters. The Labute approximate surface area is 91.1 Å². The zero-order valence-corrected chi connectivity index (χ0v) is 9.50. The van der Waals surface area contributed by atoms with Crippen LogP contribution in [0.2, 0.25) is 0 Å². The highest BCUT2D eigenvalue weighted by Gasteiger charge is 2.07. The molecular weight excluding hydrogens is 196 g/mol. The van der Waals surface area contributed by atoms with Gasteiger partial charge < -0.3 is 0 Å². The third-order valence-electron chi connectivity index (χ3n) is 1.82. The second-order valence-corrected chi connectivity index (χ2v) is 3.49. The van der Waals surface area contributed by atoms with Crippen LogP contribution in [0.1, 0.15) is 26.7 Å². The lowest BCUT2D eigenvalue weighted by Crippen LogP contribution is -2.02. The summed E-state index contributed by atoms with van der Waals surface area (Å²) in [6.07, 6.45) is 13.6. The molecule has 0 aliphatic rings. The molecule has 1 nitrogen and oxygen atoms in total. The van der Waals surface area contributed by atoms with Gasteiger partial charge in [-0.15, -0.1) is 0 Å². The number of allylic oxidation sites excluding steroid dienone is 6. The van der Waals surface area contributed by atoms with Crippen molar-refractivity contribution in [3.63, 3.8) is 0 Å². The van der Waals surface area contributed by atoms with Gasteiger partial charge in [0.05, 0.1) is 0 Å². The van der Waals surface area contributed by atoms with Gasteiger partial charge in [0.15, 0.2) is 0 Å². The number of carbonyl (C=O) groups excluding carboxylic acids is 1. The van der Waals surface area contributed by atoms with E-state index in [9.17, 15) is 4.79 Å². The van der Waals surface area contributed by atoms with Gasteiger partial charge in [0.1, 0.15) is 0 Å². The zero-order chi connectivity index (χ0) is 10.8. The van der Waals surface area contributed by atoms with Gasteiger partial charge >= 0.3 is 0 Å². The highest BCUT2D eigenvalue weighted by Crippen LogP contribution is 2.09. The molecule has 0 amide bonds. The molecule has 0 aromatic carbocycles. The average molecular weight is 213 g/mol. The van der Waals surface area contributed by atoms with Crippen LogP contribution in [-0.4, -0.2) is 5.24 Å². The predicted octanol–water partition coefficient (Wildman–Crippen LogP) is 3.86. The molecule has 0 saturated carbocycles. The van der Waals surface area contributed by atoms with Gasteiger partial charge in [-0.25, -0.2) is 0 Å². The van der Waals surface area contributed by atoms with Crippen LogP contribution in [0.15, 0.2) is 36.5 Å². The third kappa shape index (κ3) is 7.81. The molecule has 0 saturated heterocycles. The normalized spacial score (nSPS) is 14.5. The van der Waals surface area contributed by atoms with Crippen molar-refractivity contribution in [3.8, 4) is 0 Å². The summed E-state index contributed by atoms with van der Waals surface area (Å²) in [6.45, 7) is 3.82. The minimum atomic E-state index is -0.247. The Bertz CT molecular complexity index is 239. The molecule has 0 heterocycles. The molecule has 0 aromatic rings. The van der Waals surface area contributed by atoms with Gasteiger partial charge in [0.2, 0.25) is 5.24 Å². The molecule has 0 rings (SSSR count). The summed E-state index contributed by atoms with van der Waals surface area (Å²) in [4.78, 5) is 10.7. The molecule has 0 aliphatic heterocycles. The highest BCUT2D eigenvalue weighted by molar-refractivity contribution is 6.63. The standard InChI is InChI=1S/C12H17ClO/c1-3-4-5-6-7-8-9-10-11(2)12(13)14/h3-8,11H,9-10H2,1-2H3. The number of hydrogen-bond donors (Lipinski definition) is 0. The summed E-state index contributed by atoms with van der Waals surface area (Å²) in [6, 6.07) is 0. The fraction of sp³-hybridized carbons (Fsp3) is 0.417. The van der Waals surface area contributed by atoms with Crippen molar-refractivity contribution < 1.29 is 4.79 Å². The van der Waals surface area contributed by atoms with E-state index in [-0.39, 0.29) is 11.2 Å². The van der Waals surface area contributed by atoms with E-state index in [2.05, 4.69) is 0 Å². The van der Waals surface area contributed by atoms with Crippen molar-refractivity contribution in [2.75, 3.05) is 0 Å². The smallest absolute Gasteiger partial charge is 0.224 e. The van der Waals surface area contributed by atoms with Crippen molar-refractivity contribution in [3.05, 3.63) is 36.5 Å². The van der Waals surface area contributed by atoms with Crippen LogP contribution in [0.25, 0.3) is 0 Å². The first-order chi connectivity index (χ1) is 6.68. The number of hydrogen-bond acceptors (Lipinski definition) is 1. The van der Waals surface area contributed by atoms with E-state index in [4.69, 9.17) is 11.6 Å². The van der Waals surface area contributed by atoms with Crippen LogP contribution in [0.5, 0.6) is 0 Å². The Morgan fingerprint density at radius 2 is 1.93 bits per heavy atom. The van der Waals surface area contributed by atoms with Gasteiger partial charge in [-0.2, -0.15) is 0 Å². The van der Waals surface area contributed by atoms with Crippen molar-refractivity contribution in [2.24, 2.45) is 5.92 Å². The van der Waals surface area contributed by atoms with Gasteiger partial charge in [0, 0.05) is 5.92 Å². The number of rotatable bonds is 6.